The Bertz CT molecular complexity index is 472. The standard InChI is InChI=1S/C9H5Cl5O2S/c10-4-5(11)7(13)9(8(14)6(4)12)17(15)2-3-1-16-3/h3H,1-2H2. The van der Waals surface area contributed by atoms with Gasteiger partial charge in [-0.15, -0.1) is 0 Å². The SMILES string of the molecule is O=S(CC1CO1)c1c(Cl)c(Cl)c(Cl)c(Cl)c1Cl. The molecule has 2 nitrogen and oxygen atoms in total. The highest BCUT2D eigenvalue weighted by Crippen LogP contribution is 2.45. The molecule has 1 heterocycles. The zero-order valence-electron chi connectivity index (χ0n) is 8.11. The molecule has 8 heteroatoms. The number of rotatable bonds is 3. The van der Waals surface area contributed by atoms with Crippen LogP contribution in [-0.4, -0.2) is 22.7 Å². The fourth-order valence-electron chi connectivity index (χ4n) is 1.20. The third kappa shape index (κ3) is 2.86. The molecule has 1 aromatic carbocycles. The Labute approximate surface area is 126 Å². The number of halogens is 5. The first-order valence-corrected chi connectivity index (χ1v) is 7.65. The third-order valence-corrected chi connectivity index (χ3v) is 6.18. The van der Waals surface area contributed by atoms with Crippen LogP contribution in [0.15, 0.2) is 4.90 Å². The van der Waals surface area contributed by atoms with Crippen LogP contribution in [0.2, 0.25) is 25.1 Å². The molecule has 1 fully saturated rings. The number of epoxide rings is 1. The Morgan fingerprint density at radius 1 is 1.00 bits per heavy atom. The van der Waals surface area contributed by atoms with Crippen LogP contribution in [-0.2, 0) is 15.5 Å². The van der Waals surface area contributed by atoms with E-state index in [1.54, 1.807) is 0 Å². The maximum Gasteiger partial charge on any atom is 0.0928 e. The fourth-order valence-corrected chi connectivity index (χ4v) is 4.27. The predicted molar refractivity (Wildman–Crippen MR) is 72.5 cm³/mol. The molecule has 0 aromatic heterocycles. The molecular formula is C9H5Cl5O2S. The van der Waals surface area contributed by atoms with Crippen molar-refractivity contribution in [1.29, 1.82) is 0 Å². The summed E-state index contributed by atoms with van der Waals surface area (Å²) >= 11 is 29.6. The number of hydrogen-bond acceptors (Lipinski definition) is 2. The van der Waals surface area contributed by atoms with Crippen LogP contribution in [0.25, 0.3) is 0 Å². The van der Waals surface area contributed by atoms with Gasteiger partial charge in [0.1, 0.15) is 0 Å². The van der Waals surface area contributed by atoms with Crippen LogP contribution in [0.1, 0.15) is 0 Å². The molecule has 1 aliphatic heterocycles. The van der Waals surface area contributed by atoms with Gasteiger partial charge in [0.15, 0.2) is 0 Å². The van der Waals surface area contributed by atoms with Crippen LogP contribution in [0.4, 0.5) is 0 Å². The second-order valence-corrected chi connectivity index (χ2v) is 6.69. The fraction of sp³-hybridized carbons (Fsp3) is 0.333. The van der Waals surface area contributed by atoms with Crippen LogP contribution >= 0.6 is 58.0 Å². The highest BCUT2D eigenvalue weighted by atomic mass is 35.5. The van der Waals surface area contributed by atoms with Crippen LogP contribution in [0.5, 0.6) is 0 Å². The van der Waals surface area contributed by atoms with Gasteiger partial charge >= 0.3 is 0 Å². The van der Waals surface area contributed by atoms with E-state index >= 15 is 0 Å². The average Bonchev–Trinajstić information content (AvgIpc) is 3.08. The minimum absolute atomic E-state index is 0.0174. The zero-order valence-corrected chi connectivity index (χ0v) is 12.7. The molecule has 0 bridgehead atoms. The molecule has 17 heavy (non-hydrogen) atoms. The summed E-state index contributed by atoms with van der Waals surface area (Å²) in [7, 11) is -1.42. The zero-order chi connectivity index (χ0) is 12.7. The van der Waals surface area contributed by atoms with Crippen molar-refractivity contribution in [2.24, 2.45) is 0 Å². The summed E-state index contributed by atoms with van der Waals surface area (Å²) in [4.78, 5) is 0.211. The predicted octanol–water partition coefficient (Wildman–Crippen LogP) is 4.46. The topological polar surface area (TPSA) is 29.6 Å². The van der Waals surface area contributed by atoms with Gasteiger partial charge in [0.25, 0.3) is 0 Å². The first kappa shape index (κ1) is 14.2. The molecule has 0 amide bonds. The van der Waals surface area contributed by atoms with E-state index in [1.807, 2.05) is 0 Å². The quantitative estimate of drug-likeness (QED) is 0.456. The van der Waals surface area contributed by atoms with E-state index in [1.165, 1.54) is 0 Å². The lowest BCUT2D eigenvalue weighted by Gasteiger charge is -2.11. The Morgan fingerprint density at radius 3 is 1.82 bits per heavy atom. The maximum atomic E-state index is 12.1. The van der Waals surface area contributed by atoms with Crippen molar-refractivity contribution in [3.8, 4) is 0 Å². The molecule has 94 valence electrons. The highest BCUT2D eigenvalue weighted by molar-refractivity contribution is 7.85. The lowest BCUT2D eigenvalue weighted by Crippen LogP contribution is -2.06. The molecule has 2 atom stereocenters. The number of ether oxygens (including phenoxy) is 1. The second kappa shape index (κ2) is 5.41. The van der Waals surface area contributed by atoms with Gasteiger partial charge in [-0.3, -0.25) is 4.21 Å². The first-order chi connectivity index (χ1) is 7.93. The minimum atomic E-state index is -1.42. The van der Waals surface area contributed by atoms with Crippen molar-refractivity contribution in [3.63, 3.8) is 0 Å². The molecule has 1 aromatic rings. The summed E-state index contributed by atoms with van der Waals surface area (Å²) in [5, 5.41) is 0.326. The smallest absolute Gasteiger partial charge is 0.0928 e. The molecule has 0 aliphatic carbocycles. The molecule has 1 saturated heterocycles. The summed E-state index contributed by atoms with van der Waals surface area (Å²) in [5.74, 6) is 0.313. The molecular weight excluding hydrogens is 349 g/mol. The normalized spacial score (nSPS) is 20.4. The monoisotopic (exact) mass is 352 g/mol. The molecule has 0 N–H and O–H groups in total. The second-order valence-electron chi connectivity index (χ2n) is 3.37. The summed E-state index contributed by atoms with van der Waals surface area (Å²) in [6.45, 7) is 0.593. The van der Waals surface area contributed by atoms with E-state index in [0.717, 1.165) is 0 Å². The largest absolute Gasteiger partial charge is 0.372 e. The van der Waals surface area contributed by atoms with Crippen molar-refractivity contribution >= 4 is 68.8 Å². The van der Waals surface area contributed by atoms with Gasteiger partial charge in [-0.1, -0.05) is 58.0 Å². The Kier molecular flexibility index (Phi) is 4.52. The van der Waals surface area contributed by atoms with Gasteiger partial charge < -0.3 is 4.74 Å². The Hall–Kier alpha value is 0.780. The van der Waals surface area contributed by atoms with Crippen molar-refractivity contribution in [2.75, 3.05) is 12.4 Å². The van der Waals surface area contributed by atoms with Crippen molar-refractivity contribution in [3.05, 3.63) is 25.1 Å². The summed E-state index contributed by atoms with van der Waals surface area (Å²) in [6, 6.07) is 0. The van der Waals surface area contributed by atoms with Gasteiger partial charge in [-0.05, 0) is 0 Å². The van der Waals surface area contributed by atoms with E-state index in [4.69, 9.17) is 62.7 Å². The van der Waals surface area contributed by atoms with Crippen LogP contribution in [0.3, 0.4) is 0 Å². The van der Waals surface area contributed by atoms with Gasteiger partial charge in [-0.2, -0.15) is 0 Å². The van der Waals surface area contributed by atoms with E-state index < -0.39 is 10.8 Å². The summed E-state index contributed by atoms with van der Waals surface area (Å²) in [5.41, 5.74) is 0. The van der Waals surface area contributed by atoms with Crippen molar-refractivity contribution in [1.82, 2.24) is 0 Å². The van der Waals surface area contributed by atoms with Crippen molar-refractivity contribution < 1.29 is 8.95 Å². The van der Waals surface area contributed by atoms with Gasteiger partial charge in [-0.25, -0.2) is 0 Å². The highest BCUT2D eigenvalue weighted by Gasteiger charge is 2.29. The first-order valence-electron chi connectivity index (χ1n) is 4.45. The van der Waals surface area contributed by atoms with E-state index in [0.29, 0.717) is 12.4 Å². The van der Waals surface area contributed by atoms with Crippen LogP contribution in [0, 0.1) is 0 Å². The number of hydrogen-bond donors (Lipinski definition) is 0. The summed E-state index contributed by atoms with van der Waals surface area (Å²) < 4.78 is 17.0. The van der Waals surface area contributed by atoms with Crippen LogP contribution < -0.4 is 0 Å². The van der Waals surface area contributed by atoms with Gasteiger partial charge in [0, 0.05) is 0 Å². The molecule has 2 rings (SSSR count). The van der Waals surface area contributed by atoms with E-state index in [9.17, 15) is 4.21 Å². The van der Waals surface area contributed by atoms with Gasteiger partial charge in [0.05, 0.1) is 59.3 Å². The molecule has 0 saturated carbocycles. The van der Waals surface area contributed by atoms with E-state index in [2.05, 4.69) is 0 Å². The maximum absolute atomic E-state index is 12.1. The number of benzene rings is 1. The Morgan fingerprint density at radius 2 is 1.41 bits per heavy atom. The van der Waals surface area contributed by atoms with Gasteiger partial charge in [0.2, 0.25) is 0 Å². The average molecular weight is 354 g/mol. The molecule has 2 unspecified atom stereocenters. The Balaban J connectivity index is 2.48. The molecule has 1 aliphatic rings. The minimum Gasteiger partial charge on any atom is -0.372 e. The lowest BCUT2D eigenvalue weighted by atomic mass is 10.3. The summed E-state index contributed by atoms with van der Waals surface area (Å²) in [6.07, 6.45) is -0.0174. The molecule has 0 radical (unpaired) electrons. The van der Waals surface area contributed by atoms with E-state index in [-0.39, 0.29) is 36.1 Å². The molecule has 0 spiro atoms. The third-order valence-electron chi connectivity index (χ3n) is 2.14. The lowest BCUT2D eigenvalue weighted by molar-refractivity contribution is 0.425. The van der Waals surface area contributed by atoms with Crippen molar-refractivity contribution in [2.45, 2.75) is 11.0 Å².